The molecule has 0 spiro atoms. The van der Waals surface area contributed by atoms with Crippen molar-refractivity contribution < 1.29 is 8.42 Å². The average molecular weight is 272 g/mol. The fourth-order valence-corrected chi connectivity index (χ4v) is 3.88. The van der Waals surface area contributed by atoms with E-state index in [9.17, 15) is 8.42 Å². The van der Waals surface area contributed by atoms with E-state index in [1.807, 2.05) is 7.05 Å². The highest BCUT2D eigenvalue weighted by Crippen LogP contribution is 2.22. The molecule has 1 aromatic rings. The molecule has 2 heterocycles. The number of H-pyrrole nitrogens is 1. The lowest BCUT2D eigenvalue weighted by Crippen LogP contribution is -2.47. The van der Waals surface area contributed by atoms with Gasteiger partial charge in [0, 0.05) is 19.6 Å². The summed E-state index contributed by atoms with van der Waals surface area (Å²) in [6.45, 7) is 3.54. The number of likely N-dealkylation sites (N-methyl/N-ethyl adjacent to an activating group) is 2. The molecule has 1 unspecified atom stereocenters. The zero-order valence-electron chi connectivity index (χ0n) is 11.0. The van der Waals surface area contributed by atoms with Gasteiger partial charge in [-0.25, -0.2) is 8.42 Å². The Morgan fingerprint density at radius 3 is 2.83 bits per heavy atom. The summed E-state index contributed by atoms with van der Waals surface area (Å²) in [4.78, 5) is 2.45. The molecule has 1 N–H and O–H groups in total. The van der Waals surface area contributed by atoms with E-state index >= 15 is 0 Å². The molecular weight excluding hydrogens is 252 g/mol. The third-order valence-electron chi connectivity index (χ3n) is 3.55. The van der Waals surface area contributed by atoms with Crippen molar-refractivity contribution >= 4 is 10.0 Å². The number of likely N-dealkylation sites (tertiary alicyclic amines) is 1. The van der Waals surface area contributed by atoms with Crippen molar-refractivity contribution in [1.29, 1.82) is 0 Å². The van der Waals surface area contributed by atoms with Crippen molar-refractivity contribution in [3.63, 3.8) is 0 Å². The van der Waals surface area contributed by atoms with Crippen LogP contribution in [0.4, 0.5) is 0 Å². The molecule has 1 aliphatic heterocycles. The van der Waals surface area contributed by atoms with E-state index in [1.54, 1.807) is 14.0 Å². The van der Waals surface area contributed by atoms with Crippen molar-refractivity contribution in [2.24, 2.45) is 0 Å². The van der Waals surface area contributed by atoms with E-state index in [0.717, 1.165) is 25.9 Å². The van der Waals surface area contributed by atoms with Gasteiger partial charge in [0.05, 0.1) is 11.9 Å². The van der Waals surface area contributed by atoms with Crippen LogP contribution in [0.3, 0.4) is 0 Å². The van der Waals surface area contributed by atoms with Crippen LogP contribution < -0.4 is 0 Å². The summed E-state index contributed by atoms with van der Waals surface area (Å²) in [7, 11) is 0.245. The maximum Gasteiger partial charge on any atom is 0.246 e. The fraction of sp³-hybridized carbons (Fsp3) is 0.727. The molecule has 0 amide bonds. The summed E-state index contributed by atoms with van der Waals surface area (Å²) >= 11 is 0. The van der Waals surface area contributed by atoms with Gasteiger partial charge < -0.3 is 4.90 Å². The zero-order chi connectivity index (χ0) is 13.3. The van der Waals surface area contributed by atoms with Crippen molar-refractivity contribution in [1.82, 2.24) is 19.4 Å². The van der Waals surface area contributed by atoms with Gasteiger partial charge in [-0.05, 0) is 33.4 Å². The van der Waals surface area contributed by atoms with Crippen molar-refractivity contribution in [2.75, 3.05) is 27.2 Å². The number of nitrogens with one attached hydrogen (secondary N) is 1. The normalized spacial score (nSPS) is 22.6. The second kappa shape index (κ2) is 4.99. The monoisotopic (exact) mass is 272 g/mol. The molecular formula is C11H20N4O2S. The number of rotatable bonds is 3. The second-order valence-corrected chi connectivity index (χ2v) is 6.90. The van der Waals surface area contributed by atoms with Gasteiger partial charge >= 0.3 is 0 Å². The molecule has 0 radical (unpaired) electrons. The van der Waals surface area contributed by atoms with E-state index < -0.39 is 10.0 Å². The number of sulfonamides is 1. The van der Waals surface area contributed by atoms with Gasteiger partial charge in [-0.15, -0.1) is 0 Å². The predicted octanol–water partition coefficient (Wildman–Crippen LogP) is 0.433. The van der Waals surface area contributed by atoms with Crippen LogP contribution in [0, 0.1) is 6.92 Å². The molecule has 6 nitrogen and oxygen atoms in total. The minimum absolute atomic E-state index is 0.0445. The maximum absolute atomic E-state index is 12.5. The molecule has 1 atom stereocenters. The Morgan fingerprint density at radius 1 is 1.56 bits per heavy atom. The van der Waals surface area contributed by atoms with E-state index in [4.69, 9.17) is 0 Å². The fourth-order valence-electron chi connectivity index (χ4n) is 2.39. The lowest BCUT2D eigenvalue weighted by atomic mass is 10.1. The molecule has 0 aliphatic carbocycles. The first-order chi connectivity index (χ1) is 8.43. The Kier molecular flexibility index (Phi) is 3.74. The molecule has 1 fully saturated rings. The van der Waals surface area contributed by atoms with Gasteiger partial charge in [-0.1, -0.05) is 0 Å². The molecule has 1 aliphatic rings. The van der Waals surface area contributed by atoms with Crippen LogP contribution in [0.1, 0.15) is 18.5 Å². The molecule has 2 rings (SSSR count). The Labute approximate surface area is 108 Å². The highest BCUT2D eigenvalue weighted by Gasteiger charge is 2.32. The first kappa shape index (κ1) is 13.5. The SMILES string of the molecule is Cc1[nH]ncc1S(=O)(=O)N(C)C1CCCN(C)C1. The average Bonchev–Trinajstić information content (AvgIpc) is 2.75. The maximum atomic E-state index is 12.5. The molecule has 102 valence electrons. The Bertz CT molecular complexity index is 511. The van der Waals surface area contributed by atoms with Gasteiger partial charge in [0.25, 0.3) is 0 Å². The number of nitrogens with zero attached hydrogens (tertiary/aromatic N) is 3. The molecule has 0 saturated carbocycles. The van der Waals surface area contributed by atoms with E-state index in [-0.39, 0.29) is 10.9 Å². The molecule has 18 heavy (non-hydrogen) atoms. The molecule has 7 heteroatoms. The minimum Gasteiger partial charge on any atom is -0.305 e. The Balaban J connectivity index is 2.22. The van der Waals surface area contributed by atoms with Crippen molar-refractivity contribution in [2.45, 2.75) is 30.7 Å². The first-order valence-electron chi connectivity index (χ1n) is 6.09. The summed E-state index contributed by atoms with van der Waals surface area (Å²) in [5.41, 5.74) is 0.589. The second-order valence-electron chi connectivity index (χ2n) is 4.94. The van der Waals surface area contributed by atoms with Crippen LogP contribution in [-0.4, -0.2) is 61.0 Å². The van der Waals surface area contributed by atoms with Crippen LogP contribution in [0.15, 0.2) is 11.1 Å². The quantitative estimate of drug-likeness (QED) is 0.866. The third kappa shape index (κ3) is 2.43. The summed E-state index contributed by atoms with van der Waals surface area (Å²) in [6.07, 6.45) is 3.33. The minimum atomic E-state index is -3.44. The van der Waals surface area contributed by atoms with Gasteiger partial charge in [0.2, 0.25) is 10.0 Å². The van der Waals surface area contributed by atoms with Gasteiger partial charge in [-0.2, -0.15) is 9.40 Å². The number of hydrogen-bond acceptors (Lipinski definition) is 4. The zero-order valence-corrected chi connectivity index (χ0v) is 11.9. The van der Waals surface area contributed by atoms with E-state index in [0.29, 0.717) is 5.69 Å². The smallest absolute Gasteiger partial charge is 0.246 e. The standard InChI is InChI=1S/C11H20N4O2S/c1-9-11(7-12-13-9)18(16,17)15(3)10-5-4-6-14(2)8-10/h7,10H,4-6,8H2,1-3H3,(H,12,13). The number of aryl methyl sites for hydroxylation is 1. The topological polar surface area (TPSA) is 69.3 Å². The molecule has 0 bridgehead atoms. The van der Waals surface area contributed by atoms with Crippen LogP contribution in [0.25, 0.3) is 0 Å². The van der Waals surface area contributed by atoms with Gasteiger partial charge in [0.1, 0.15) is 4.90 Å². The van der Waals surface area contributed by atoms with Crippen LogP contribution in [0.5, 0.6) is 0 Å². The van der Waals surface area contributed by atoms with Gasteiger partial charge in [-0.3, -0.25) is 5.10 Å². The van der Waals surface area contributed by atoms with Crippen LogP contribution >= 0.6 is 0 Å². The summed E-state index contributed by atoms with van der Waals surface area (Å²) in [5.74, 6) is 0. The van der Waals surface area contributed by atoms with E-state index in [1.165, 1.54) is 10.5 Å². The lowest BCUT2D eigenvalue weighted by molar-refractivity contribution is 0.187. The number of aromatic nitrogens is 2. The van der Waals surface area contributed by atoms with Gasteiger partial charge in [0.15, 0.2) is 0 Å². The largest absolute Gasteiger partial charge is 0.305 e. The molecule has 0 aromatic carbocycles. The predicted molar refractivity (Wildman–Crippen MR) is 68.8 cm³/mol. The van der Waals surface area contributed by atoms with Crippen LogP contribution in [-0.2, 0) is 10.0 Å². The number of hydrogen-bond donors (Lipinski definition) is 1. The van der Waals surface area contributed by atoms with E-state index in [2.05, 4.69) is 15.1 Å². The van der Waals surface area contributed by atoms with Crippen LogP contribution in [0.2, 0.25) is 0 Å². The molecule has 1 saturated heterocycles. The van der Waals surface area contributed by atoms with Crippen molar-refractivity contribution in [3.8, 4) is 0 Å². The van der Waals surface area contributed by atoms with Crippen molar-refractivity contribution in [3.05, 3.63) is 11.9 Å². The highest BCUT2D eigenvalue weighted by molar-refractivity contribution is 7.89. The lowest BCUT2D eigenvalue weighted by Gasteiger charge is -2.34. The Morgan fingerprint density at radius 2 is 2.28 bits per heavy atom. The Hall–Kier alpha value is -0.920. The summed E-state index contributed by atoms with van der Waals surface area (Å²) in [6, 6.07) is 0.0445. The highest BCUT2D eigenvalue weighted by atomic mass is 32.2. The molecule has 1 aromatic heterocycles. The first-order valence-corrected chi connectivity index (χ1v) is 7.53. The number of piperidine rings is 1. The summed E-state index contributed by atoms with van der Waals surface area (Å²) in [5, 5.41) is 6.46. The summed E-state index contributed by atoms with van der Waals surface area (Å²) < 4.78 is 26.4. The third-order valence-corrected chi connectivity index (χ3v) is 5.58. The number of aromatic amines is 1.